The first kappa shape index (κ1) is 30.1. The van der Waals surface area contributed by atoms with Crippen molar-refractivity contribution in [3.8, 4) is 22.6 Å². The van der Waals surface area contributed by atoms with Gasteiger partial charge in [-0.2, -0.15) is 22.0 Å². The molecule has 234 valence electrons. The van der Waals surface area contributed by atoms with Crippen LogP contribution in [0.4, 0.5) is 32.0 Å². The van der Waals surface area contributed by atoms with Crippen molar-refractivity contribution in [2.75, 3.05) is 10.8 Å². The molecule has 7 nitrogen and oxygen atoms in total. The Balaban J connectivity index is 1.46. The molecule has 1 unspecified atom stereocenters. The van der Waals surface area contributed by atoms with Gasteiger partial charge in [0.2, 0.25) is 0 Å². The van der Waals surface area contributed by atoms with Crippen LogP contribution >= 0.6 is 0 Å². The molecule has 1 heterocycles. The molecule has 2 fully saturated rings. The summed E-state index contributed by atoms with van der Waals surface area (Å²) in [6.45, 7) is -3.55. The molecule has 0 amide bonds. The molecule has 3 aliphatic rings. The lowest BCUT2D eigenvalue weighted by atomic mass is 9.78. The van der Waals surface area contributed by atoms with Crippen molar-refractivity contribution in [2.24, 2.45) is 10.8 Å². The highest BCUT2D eigenvalue weighted by Crippen LogP contribution is 2.64. The fourth-order valence-electron chi connectivity index (χ4n) is 6.82. The Kier molecular flexibility index (Phi) is 7.06. The second-order valence-corrected chi connectivity index (χ2v) is 13.4. The SMILES string of the molecule is O=C(O)C12CCC(C3CN(S(=O)(=O)c4cccc(C(F)(F)F)c4)c4cc(-c5cc(F)cc(OC(F)F)c5)ccc4O3)(CC1)C2. The molecule has 1 N–H and O–H groups in total. The lowest BCUT2D eigenvalue weighted by molar-refractivity contribution is -0.148. The van der Waals surface area contributed by atoms with E-state index in [1.54, 1.807) is 0 Å². The van der Waals surface area contributed by atoms with Crippen LogP contribution in [0.3, 0.4) is 0 Å². The minimum absolute atomic E-state index is 0.0614. The van der Waals surface area contributed by atoms with Gasteiger partial charge in [0.1, 0.15) is 23.4 Å². The molecule has 0 saturated heterocycles. The summed E-state index contributed by atoms with van der Waals surface area (Å²) in [5, 5.41) is 9.89. The van der Waals surface area contributed by atoms with Crippen molar-refractivity contribution in [1.82, 2.24) is 0 Å². The van der Waals surface area contributed by atoms with Crippen molar-refractivity contribution < 1.29 is 54.1 Å². The number of alkyl halides is 5. The van der Waals surface area contributed by atoms with Crippen LogP contribution in [0.15, 0.2) is 65.6 Å². The average Bonchev–Trinajstić information content (AvgIpc) is 3.55. The van der Waals surface area contributed by atoms with E-state index in [9.17, 15) is 44.7 Å². The predicted molar refractivity (Wildman–Crippen MR) is 144 cm³/mol. The zero-order valence-corrected chi connectivity index (χ0v) is 23.6. The molecular formula is C30H25F6NO6S. The number of nitrogens with zero attached hydrogens (tertiary/aromatic N) is 1. The highest BCUT2D eigenvalue weighted by atomic mass is 32.2. The Morgan fingerprint density at radius 3 is 2.36 bits per heavy atom. The van der Waals surface area contributed by atoms with Crippen LogP contribution in [0, 0.1) is 16.6 Å². The smallest absolute Gasteiger partial charge is 0.416 e. The lowest BCUT2D eigenvalue weighted by Gasteiger charge is -2.43. The Morgan fingerprint density at radius 1 is 1.00 bits per heavy atom. The summed E-state index contributed by atoms with van der Waals surface area (Å²) in [7, 11) is -4.67. The molecule has 0 radical (unpaired) electrons. The van der Waals surface area contributed by atoms with Gasteiger partial charge in [-0.15, -0.1) is 0 Å². The van der Waals surface area contributed by atoms with E-state index in [2.05, 4.69) is 4.74 Å². The number of carbonyl (C=O) groups is 1. The number of anilines is 1. The monoisotopic (exact) mass is 641 g/mol. The zero-order chi connectivity index (χ0) is 31.7. The topological polar surface area (TPSA) is 93.1 Å². The van der Waals surface area contributed by atoms with Gasteiger partial charge in [-0.1, -0.05) is 12.1 Å². The summed E-state index contributed by atoms with van der Waals surface area (Å²) in [5.41, 5.74) is -2.60. The van der Waals surface area contributed by atoms with Crippen molar-refractivity contribution in [2.45, 2.75) is 55.9 Å². The van der Waals surface area contributed by atoms with Crippen LogP contribution < -0.4 is 13.8 Å². The van der Waals surface area contributed by atoms with Gasteiger partial charge in [-0.25, -0.2) is 12.8 Å². The summed E-state index contributed by atoms with van der Waals surface area (Å²) in [5.74, 6) is -2.24. The van der Waals surface area contributed by atoms with E-state index in [4.69, 9.17) is 4.74 Å². The molecule has 6 rings (SSSR count). The quantitative estimate of drug-likeness (QED) is 0.277. The number of sulfonamides is 1. The molecular weight excluding hydrogens is 616 g/mol. The number of ether oxygens (including phenoxy) is 2. The minimum Gasteiger partial charge on any atom is -0.486 e. The molecule has 0 spiro atoms. The summed E-state index contributed by atoms with van der Waals surface area (Å²) in [4.78, 5) is 11.5. The maximum atomic E-state index is 14.3. The summed E-state index contributed by atoms with van der Waals surface area (Å²) < 4.78 is 120. The molecule has 1 atom stereocenters. The molecule has 14 heteroatoms. The predicted octanol–water partition coefficient (Wildman–Crippen LogP) is 7.10. The van der Waals surface area contributed by atoms with Gasteiger partial charge >= 0.3 is 18.8 Å². The Hall–Kier alpha value is -3.94. The van der Waals surface area contributed by atoms with Crippen LogP contribution in [0.25, 0.3) is 11.1 Å². The first-order chi connectivity index (χ1) is 20.6. The number of benzene rings is 3. The second-order valence-electron chi connectivity index (χ2n) is 11.5. The van der Waals surface area contributed by atoms with Gasteiger partial charge in [0, 0.05) is 11.5 Å². The normalized spacial score (nSPS) is 24.7. The van der Waals surface area contributed by atoms with Crippen LogP contribution in [0.5, 0.6) is 11.5 Å². The van der Waals surface area contributed by atoms with Crippen LogP contribution in [0.1, 0.15) is 37.7 Å². The van der Waals surface area contributed by atoms with Gasteiger partial charge < -0.3 is 14.6 Å². The van der Waals surface area contributed by atoms with Crippen LogP contribution in [-0.4, -0.2) is 38.8 Å². The van der Waals surface area contributed by atoms with E-state index in [0.717, 1.165) is 40.7 Å². The third kappa shape index (κ3) is 5.12. The Morgan fingerprint density at radius 2 is 1.73 bits per heavy atom. The number of hydrogen-bond donors (Lipinski definition) is 1. The molecule has 2 saturated carbocycles. The Bertz CT molecular complexity index is 1740. The summed E-state index contributed by atoms with van der Waals surface area (Å²) in [6.07, 6.45) is -3.66. The van der Waals surface area contributed by atoms with Crippen molar-refractivity contribution in [3.05, 3.63) is 72.0 Å². The standard InChI is InChI=1S/C30H25F6NO6S/c31-20-10-18(11-21(14-20)42-27(32)33)17-4-5-24-23(12-17)37(44(40,41)22-3-1-2-19(13-22)30(34,35)36)15-25(43-24)28-6-8-29(16-28,9-7-28)26(38)39/h1-5,10-14,25,27H,6-9,15-16H2,(H,38,39). The number of carboxylic acid groups (broad SMARTS) is 1. The molecule has 2 bridgehead atoms. The number of hydrogen-bond acceptors (Lipinski definition) is 5. The van der Waals surface area contributed by atoms with E-state index >= 15 is 0 Å². The highest BCUT2D eigenvalue weighted by Gasteiger charge is 2.62. The molecule has 3 aromatic carbocycles. The molecule has 2 aliphatic carbocycles. The van der Waals surface area contributed by atoms with Crippen molar-refractivity contribution in [1.29, 1.82) is 0 Å². The first-order valence-corrected chi connectivity index (χ1v) is 15.1. The number of halogens is 6. The van der Waals surface area contributed by atoms with Crippen LogP contribution in [-0.2, 0) is 21.0 Å². The number of fused-ring (bicyclic) bond motifs is 3. The lowest BCUT2D eigenvalue weighted by Crippen LogP contribution is -2.50. The minimum atomic E-state index is -4.81. The molecule has 3 aromatic rings. The molecule has 44 heavy (non-hydrogen) atoms. The second kappa shape index (κ2) is 10.3. The van der Waals surface area contributed by atoms with E-state index in [0.29, 0.717) is 31.7 Å². The number of aliphatic carboxylic acids is 1. The van der Waals surface area contributed by atoms with Crippen molar-refractivity contribution >= 4 is 21.7 Å². The average molecular weight is 642 g/mol. The highest BCUT2D eigenvalue weighted by molar-refractivity contribution is 7.92. The van der Waals surface area contributed by atoms with Gasteiger partial charge in [0.15, 0.2) is 0 Å². The summed E-state index contributed by atoms with van der Waals surface area (Å²) >= 11 is 0. The fraction of sp³-hybridized carbons (Fsp3) is 0.367. The number of carboxylic acids is 1. The van der Waals surface area contributed by atoms with E-state index < -0.39 is 67.7 Å². The van der Waals surface area contributed by atoms with Gasteiger partial charge in [-0.3, -0.25) is 9.10 Å². The van der Waals surface area contributed by atoms with Crippen LogP contribution in [0.2, 0.25) is 0 Å². The first-order valence-electron chi connectivity index (χ1n) is 13.6. The maximum absolute atomic E-state index is 14.3. The van der Waals surface area contributed by atoms with E-state index in [-0.39, 0.29) is 35.5 Å². The Labute approximate surface area is 248 Å². The molecule has 1 aliphatic heterocycles. The summed E-state index contributed by atoms with van der Waals surface area (Å²) in [6, 6.07) is 10.4. The van der Waals surface area contributed by atoms with Gasteiger partial charge in [0.05, 0.1) is 28.1 Å². The molecule has 0 aromatic heterocycles. The van der Waals surface area contributed by atoms with E-state index in [1.165, 1.54) is 18.2 Å². The van der Waals surface area contributed by atoms with Gasteiger partial charge in [-0.05, 0) is 85.7 Å². The zero-order valence-electron chi connectivity index (χ0n) is 22.8. The third-order valence-corrected chi connectivity index (χ3v) is 10.8. The largest absolute Gasteiger partial charge is 0.486 e. The van der Waals surface area contributed by atoms with Crippen molar-refractivity contribution in [3.63, 3.8) is 0 Å². The van der Waals surface area contributed by atoms with Gasteiger partial charge in [0.25, 0.3) is 10.0 Å². The maximum Gasteiger partial charge on any atom is 0.416 e. The number of rotatable bonds is 7. The van der Waals surface area contributed by atoms with E-state index in [1.807, 2.05) is 0 Å². The fourth-order valence-corrected chi connectivity index (χ4v) is 8.33. The third-order valence-electron chi connectivity index (χ3n) is 9.04.